The molecule has 0 spiro atoms. The molecule has 0 aliphatic carbocycles. The largest absolute Gasteiger partial charge is 0.378 e. The molecule has 1 aliphatic rings. The van der Waals surface area contributed by atoms with Crippen LogP contribution >= 0.6 is 0 Å². The number of nitrogens with two attached hydrogens (primary N) is 1. The Balaban J connectivity index is 1.48. The first kappa shape index (κ1) is 38.4. The molecule has 4 amide bonds. The molecule has 3 aromatic rings. The number of hydrogen-bond acceptors (Lipinski definition) is 6. The van der Waals surface area contributed by atoms with E-state index in [1.54, 1.807) is 24.9 Å². The van der Waals surface area contributed by atoms with Crippen LogP contribution in [0.5, 0.6) is 0 Å². The standard InChI is InChI=1S/C38H49F2N5O5/c1-6-33(46)44(16-14-31(41)36(48)42-15-18-50-19-17-45-34(47)20-25(2)37(45)49)35(38(3,4)5)32-21-27(29-22-28(39)12-13-30(29)40)24-43(32)23-26-10-8-7-9-11-26/h7-13,21-22,24-25,31,35H,6,14-20,23,41H2,1-5H3,(H,42,48)/t25?,31-,35-/m0/s1. The number of nitrogens with one attached hydrogen (secondary N) is 1. The van der Waals surface area contributed by atoms with Crippen molar-refractivity contribution in [2.24, 2.45) is 17.1 Å². The third kappa shape index (κ3) is 9.63. The van der Waals surface area contributed by atoms with Gasteiger partial charge in [0.05, 0.1) is 31.8 Å². The summed E-state index contributed by atoms with van der Waals surface area (Å²) >= 11 is 0. The van der Waals surface area contributed by atoms with E-state index in [-0.39, 0.29) is 81.3 Å². The van der Waals surface area contributed by atoms with Gasteiger partial charge < -0.3 is 25.3 Å². The van der Waals surface area contributed by atoms with Gasteiger partial charge in [0, 0.05) is 61.4 Å². The predicted octanol–water partition coefficient (Wildman–Crippen LogP) is 5.05. The Hall–Kier alpha value is -4.42. The number of amides is 4. The van der Waals surface area contributed by atoms with Crippen molar-refractivity contribution in [3.63, 3.8) is 0 Å². The molecule has 4 rings (SSSR count). The van der Waals surface area contributed by atoms with E-state index < -0.39 is 35.0 Å². The van der Waals surface area contributed by atoms with Crippen LogP contribution in [0.15, 0.2) is 60.8 Å². The number of imide groups is 1. The molecule has 0 bridgehead atoms. The molecule has 270 valence electrons. The van der Waals surface area contributed by atoms with Gasteiger partial charge in [0.2, 0.25) is 23.6 Å². The van der Waals surface area contributed by atoms with Crippen LogP contribution < -0.4 is 11.1 Å². The minimum absolute atomic E-state index is 0.120. The Morgan fingerprint density at radius 1 is 1.08 bits per heavy atom. The second-order valence-corrected chi connectivity index (χ2v) is 13.9. The summed E-state index contributed by atoms with van der Waals surface area (Å²) in [6.07, 6.45) is 2.38. The quantitative estimate of drug-likeness (QED) is 0.160. The molecule has 1 fully saturated rings. The lowest BCUT2D eigenvalue weighted by Gasteiger charge is -2.41. The molecule has 10 nitrogen and oxygen atoms in total. The van der Waals surface area contributed by atoms with E-state index in [2.05, 4.69) is 5.32 Å². The molecule has 1 saturated heterocycles. The molecule has 3 atom stereocenters. The number of hydrogen-bond donors (Lipinski definition) is 2. The number of carbonyl (C=O) groups is 4. The fourth-order valence-electron chi connectivity index (χ4n) is 6.34. The van der Waals surface area contributed by atoms with Gasteiger partial charge in [-0.25, -0.2) is 8.78 Å². The highest BCUT2D eigenvalue weighted by molar-refractivity contribution is 6.03. The van der Waals surface area contributed by atoms with Gasteiger partial charge in [-0.05, 0) is 41.7 Å². The molecule has 50 heavy (non-hydrogen) atoms. The molecule has 2 aromatic carbocycles. The van der Waals surface area contributed by atoms with Crippen LogP contribution in [-0.4, -0.2) is 76.9 Å². The number of aromatic nitrogens is 1. The van der Waals surface area contributed by atoms with Gasteiger partial charge in [-0.1, -0.05) is 65.0 Å². The number of likely N-dealkylation sites (tertiary alicyclic amines) is 1. The number of ether oxygens (including phenoxy) is 1. The third-order valence-electron chi connectivity index (χ3n) is 8.89. The van der Waals surface area contributed by atoms with Crippen molar-refractivity contribution < 1.29 is 32.7 Å². The van der Waals surface area contributed by atoms with Crippen molar-refractivity contribution in [2.75, 3.05) is 32.8 Å². The third-order valence-corrected chi connectivity index (χ3v) is 8.89. The first-order valence-corrected chi connectivity index (χ1v) is 17.1. The summed E-state index contributed by atoms with van der Waals surface area (Å²) in [7, 11) is 0. The van der Waals surface area contributed by atoms with E-state index in [1.807, 2.05) is 61.7 Å². The van der Waals surface area contributed by atoms with Gasteiger partial charge in [0.25, 0.3) is 0 Å². The van der Waals surface area contributed by atoms with E-state index >= 15 is 4.39 Å². The minimum atomic E-state index is -0.919. The summed E-state index contributed by atoms with van der Waals surface area (Å²) in [6.45, 7) is 10.8. The van der Waals surface area contributed by atoms with Crippen LogP contribution in [0.3, 0.4) is 0 Å². The Labute approximate surface area is 292 Å². The van der Waals surface area contributed by atoms with E-state index in [1.165, 1.54) is 11.0 Å². The molecule has 0 radical (unpaired) electrons. The van der Waals surface area contributed by atoms with Crippen molar-refractivity contribution in [3.05, 3.63) is 83.7 Å². The summed E-state index contributed by atoms with van der Waals surface area (Å²) in [5.74, 6) is -2.38. The maximum atomic E-state index is 15.0. The highest BCUT2D eigenvalue weighted by Crippen LogP contribution is 2.41. The first-order chi connectivity index (χ1) is 23.7. The lowest BCUT2D eigenvalue weighted by molar-refractivity contribution is -0.140. The smallest absolute Gasteiger partial charge is 0.237 e. The Bertz CT molecular complexity index is 1650. The van der Waals surface area contributed by atoms with Crippen LogP contribution in [0.4, 0.5) is 8.78 Å². The van der Waals surface area contributed by atoms with Crippen molar-refractivity contribution in [1.82, 2.24) is 19.7 Å². The van der Waals surface area contributed by atoms with Gasteiger partial charge in [-0.2, -0.15) is 0 Å². The summed E-state index contributed by atoms with van der Waals surface area (Å²) in [4.78, 5) is 53.5. The van der Waals surface area contributed by atoms with Crippen LogP contribution in [0, 0.1) is 23.0 Å². The molecule has 1 aromatic heterocycles. The van der Waals surface area contributed by atoms with Gasteiger partial charge in [-0.15, -0.1) is 0 Å². The van der Waals surface area contributed by atoms with Gasteiger partial charge in [-0.3, -0.25) is 24.1 Å². The van der Waals surface area contributed by atoms with Crippen molar-refractivity contribution in [2.45, 2.75) is 72.5 Å². The molecular weight excluding hydrogens is 644 g/mol. The van der Waals surface area contributed by atoms with Gasteiger partial charge in [0.1, 0.15) is 11.6 Å². The van der Waals surface area contributed by atoms with Crippen LogP contribution in [0.1, 0.15) is 71.2 Å². The van der Waals surface area contributed by atoms with Gasteiger partial charge in [0.15, 0.2) is 0 Å². The average molecular weight is 694 g/mol. The van der Waals surface area contributed by atoms with Gasteiger partial charge >= 0.3 is 0 Å². The number of nitrogens with zero attached hydrogens (tertiary/aromatic N) is 3. The summed E-state index contributed by atoms with van der Waals surface area (Å²) in [5.41, 5.74) is 8.13. The minimum Gasteiger partial charge on any atom is -0.378 e. The monoisotopic (exact) mass is 693 g/mol. The predicted molar refractivity (Wildman–Crippen MR) is 186 cm³/mol. The SMILES string of the molecule is CCC(=O)N(CC[C@H](N)C(=O)NCCOCCN1C(=O)CC(C)C1=O)[C@@H](c1cc(-c2cc(F)ccc2F)cn1Cc1ccccc1)C(C)(C)C. The van der Waals surface area contributed by atoms with Crippen molar-refractivity contribution >= 4 is 23.6 Å². The highest BCUT2D eigenvalue weighted by Gasteiger charge is 2.37. The Kier molecular flexibility index (Phi) is 13.0. The maximum Gasteiger partial charge on any atom is 0.237 e. The molecule has 12 heteroatoms. The second-order valence-electron chi connectivity index (χ2n) is 13.9. The summed E-state index contributed by atoms with van der Waals surface area (Å²) in [5, 5.41) is 2.75. The van der Waals surface area contributed by atoms with Crippen LogP contribution in [0.25, 0.3) is 11.1 Å². The number of benzene rings is 2. The fourth-order valence-corrected chi connectivity index (χ4v) is 6.34. The van der Waals surface area contributed by atoms with Crippen molar-refractivity contribution in [1.29, 1.82) is 0 Å². The molecule has 3 N–H and O–H groups in total. The molecule has 0 saturated carbocycles. The van der Waals surface area contributed by atoms with E-state index in [4.69, 9.17) is 10.5 Å². The first-order valence-electron chi connectivity index (χ1n) is 17.1. The second kappa shape index (κ2) is 17.0. The molecule has 1 aliphatic heterocycles. The summed E-state index contributed by atoms with van der Waals surface area (Å²) in [6, 6.07) is 13.5. The van der Waals surface area contributed by atoms with Crippen LogP contribution in [0.2, 0.25) is 0 Å². The van der Waals surface area contributed by atoms with E-state index in [9.17, 15) is 23.6 Å². The maximum absolute atomic E-state index is 15.0. The number of rotatable bonds is 16. The zero-order valence-corrected chi connectivity index (χ0v) is 29.6. The van der Waals surface area contributed by atoms with E-state index in [0.717, 1.165) is 23.4 Å². The van der Waals surface area contributed by atoms with Crippen molar-refractivity contribution in [3.8, 4) is 11.1 Å². The zero-order valence-electron chi connectivity index (χ0n) is 29.6. The zero-order chi connectivity index (χ0) is 36.6. The normalized spacial score (nSPS) is 16.1. The number of halogens is 2. The molecular formula is C38H49F2N5O5. The summed E-state index contributed by atoms with van der Waals surface area (Å²) < 4.78 is 36.8. The Morgan fingerprint density at radius 2 is 1.80 bits per heavy atom. The fraction of sp³-hybridized carbons (Fsp3) is 0.474. The van der Waals surface area contributed by atoms with Crippen LogP contribution in [-0.2, 0) is 30.5 Å². The van der Waals surface area contributed by atoms with E-state index in [0.29, 0.717) is 12.1 Å². The lowest BCUT2D eigenvalue weighted by Crippen LogP contribution is -2.47. The molecule has 1 unspecified atom stereocenters. The topological polar surface area (TPSA) is 127 Å². The lowest BCUT2D eigenvalue weighted by atomic mass is 9.82. The number of carbonyl (C=O) groups excluding carboxylic acids is 4. The Morgan fingerprint density at radius 3 is 2.44 bits per heavy atom. The molecule has 2 heterocycles. The average Bonchev–Trinajstić information content (AvgIpc) is 3.58. The highest BCUT2D eigenvalue weighted by atomic mass is 19.1.